The number of nitrogens with one attached hydrogen (secondary N) is 1. The molecule has 0 aromatic heterocycles. The van der Waals surface area contributed by atoms with Crippen LogP contribution in [0.25, 0.3) is 0 Å². The van der Waals surface area contributed by atoms with Crippen molar-refractivity contribution in [3.8, 4) is 0 Å². The SMILES string of the molecule is CCC1COCCN1C(=O)C1CC12CCNCC2. The van der Waals surface area contributed by atoms with Crippen LogP contribution in [0.2, 0.25) is 0 Å². The zero-order valence-electron chi connectivity index (χ0n) is 11.3. The van der Waals surface area contributed by atoms with Crippen LogP contribution >= 0.6 is 0 Å². The highest BCUT2D eigenvalue weighted by atomic mass is 16.5. The van der Waals surface area contributed by atoms with Crippen molar-refractivity contribution in [3.05, 3.63) is 0 Å². The number of amides is 1. The maximum atomic E-state index is 12.7. The van der Waals surface area contributed by atoms with E-state index >= 15 is 0 Å². The summed E-state index contributed by atoms with van der Waals surface area (Å²) in [6.45, 7) is 6.55. The molecule has 3 rings (SSSR count). The molecule has 0 bridgehead atoms. The van der Waals surface area contributed by atoms with Crippen LogP contribution in [0.3, 0.4) is 0 Å². The van der Waals surface area contributed by atoms with Crippen molar-refractivity contribution in [2.24, 2.45) is 11.3 Å². The smallest absolute Gasteiger partial charge is 0.226 e. The predicted molar refractivity (Wildman–Crippen MR) is 69.3 cm³/mol. The molecule has 1 N–H and O–H groups in total. The molecular weight excluding hydrogens is 228 g/mol. The molecule has 0 aromatic carbocycles. The molecule has 1 amide bonds. The summed E-state index contributed by atoms with van der Waals surface area (Å²) in [6.07, 6.45) is 4.50. The van der Waals surface area contributed by atoms with Crippen molar-refractivity contribution in [1.82, 2.24) is 10.2 Å². The standard InChI is InChI=1S/C14H24N2O2/c1-2-11-10-18-8-7-16(11)13(17)12-9-14(12)3-5-15-6-4-14/h11-12,15H,2-10H2,1H3. The van der Waals surface area contributed by atoms with Gasteiger partial charge in [0.25, 0.3) is 0 Å². The predicted octanol–water partition coefficient (Wildman–Crippen LogP) is 1.01. The number of ether oxygens (including phenoxy) is 1. The van der Waals surface area contributed by atoms with Gasteiger partial charge in [-0.15, -0.1) is 0 Å². The van der Waals surface area contributed by atoms with Crippen LogP contribution in [-0.4, -0.2) is 49.7 Å². The Bertz CT molecular complexity index is 326. The molecule has 1 aliphatic carbocycles. The molecule has 18 heavy (non-hydrogen) atoms. The first-order valence-corrected chi connectivity index (χ1v) is 7.36. The Morgan fingerprint density at radius 3 is 2.94 bits per heavy atom. The Morgan fingerprint density at radius 1 is 1.44 bits per heavy atom. The Hall–Kier alpha value is -0.610. The third kappa shape index (κ3) is 2.05. The van der Waals surface area contributed by atoms with Gasteiger partial charge >= 0.3 is 0 Å². The van der Waals surface area contributed by atoms with E-state index in [0.29, 0.717) is 29.9 Å². The second kappa shape index (κ2) is 4.82. The minimum atomic E-state index is 0.311. The lowest BCUT2D eigenvalue weighted by molar-refractivity contribution is -0.142. The number of carbonyl (C=O) groups excluding carboxylic acids is 1. The molecule has 2 aliphatic heterocycles. The Labute approximate surface area is 109 Å². The summed E-state index contributed by atoms with van der Waals surface area (Å²) in [6, 6.07) is 0.311. The van der Waals surface area contributed by atoms with Gasteiger partial charge in [0.15, 0.2) is 0 Å². The molecule has 3 aliphatic rings. The summed E-state index contributed by atoms with van der Waals surface area (Å²) in [5, 5.41) is 3.39. The van der Waals surface area contributed by atoms with Gasteiger partial charge < -0.3 is 15.0 Å². The molecule has 1 spiro atoms. The number of hydrogen-bond donors (Lipinski definition) is 1. The molecule has 2 saturated heterocycles. The highest BCUT2D eigenvalue weighted by molar-refractivity contribution is 5.83. The van der Waals surface area contributed by atoms with Gasteiger partial charge in [0.1, 0.15) is 0 Å². The van der Waals surface area contributed by atoms with Gasteiger partial charge in [0.2, 0.25) is 5.91 Å². The molecule has 1 saturated carbocycles. The first-order valence-electron chi connectivity index (χ1n) is 7.36. The first kappa shape index (κ1) is 12.4. The van der Waals surface area contributed by atoms with Gasteiger partial charge in [0.05, 0.1) is 19.3 Å². The topological polar surface area (TPSA) is 41.6 Å². The molecule has 0 radical (unpaired) electrons. The summed E-state index contributed by atoms with van der Waals surface area (Å²) in [4.78, 5) is 14.8. The largest absolute Gasteiger partial charge is 0.377 e. The molecule has 4 nitrogen and oxygen atoms in total. The average Bonchev–Trinajstić information content (AvgIpc) is 3.12. The summed E-state index contributed by atoms with van der Waals surface area (Å²) in [5.41, 5.74) is 0.360. The van der Waals surface area contributed by atoms with Crippen molar-refractivity contribution in [1.29, 1.82) is 0 Å². The van der Waals surface area contributed by atoms with Crippen molar-refractivity contribution in [3.63, 3.8) is 0 Å². The van der Waals surface area contributed by atoms with Crippen LogP contribution < -0.4 is 5.32 Å². The van der Waals surface area contributed by atoms with Gasteiger partial charge in [-0.25, -0.2) is 0 Å². The van der Waals surface area contributed by atoms with E-state index in [1.807, 2.05) is 0 Å². The quantitative estimate of drug-likeness (QED) is 0.797. The van der Waals surface area contributed by atoms with Crippen LogP contribution in [0.15, 0.2) is 0 Å². The van der Waals surface area contributed by atoms with E-state index in [4.69, 9.17) is 4.74 Å². The van der Waals surface area contributed by atoms with Crippen LogP contribution in [0, 0.1) is 11.3 Å². The lowest BCUT2D eigenvalue weighted by atomic mass is 9.91. The number of rotatable bonds is 2. The third-order valence-electron chi connectivity index (χ3n) is 5.07. The molecule has 2 heterocycles. The van der Waals surface area contributed by atoms with Crippen molar-refractivity contribution < 1.29 is 9.53 Å². The highest BCUT2D eigenvalue weighted by Crippen LogP contribution is 2.59. The van der Waals surface area contributed by atoms with E-state index < -0.39 is 0 Å². The fourth-order valence-electron chi connectivity index (χ4n) is 3.66. The second-order valence-electron chi connectivity index (χ2n) is 6.04. The lowest BCUT2D eigenvalue weighted by Gasteiger charge is -2.36. The molecule has 3 fully saturated rings. The second-order valence-corrected chi connectivity index (χ2v) is 6.04. The van der Waals surface area contributed by atoms with Gasteiger partial charge in [0, 0.05) is 12.5 Å². The number of carbonyl (C=O) groups is 1. The number of piperidine rings is 1. The van der Waals surface area contributed by atoms with Crippen LogP contribution in [0.4, 0.5) is 0 Å². The fourth-order valence-corrected chi connectivity index (χ4v) is 3.66. The minimum absolute atomic E-state index is 0.311. The van der Waals surface area contributed by atoms with Crippen molar-refractivity contribution >= 4 is 5.91 Å². The first-order chi connectivity index (χ1) is 8.77. The Kier molecular flexibility index (Phi) is 3.32. The summed E-state index contributed by atoms with van der Waals surface area (Å²) >= 11 is 0. The Balaban J connectivity index is 1.64. The number of nitrogens with zero attached hydrogens (tertiary/aromatic N) is 1. The Morgan fingerprint density at radius 2 is 2.22 bits per heavy atom. The van der Waals surface area contributed by atoms with E-state index in [1.165, 1.54) is 12.8 Å². The number of hydrogen-bond acceptors (Lipinski definition) is 3. The van der Waals surface area contributed by atoms with Crippen molar-refractivity contribution in [2.45, 2.75) is 38.6 Å². The lowest BCUT2D eigenvalue weighted by Crippen LogP contribution is -2.49. The van der Waals surface area contributed by atoms with E-state index in [-0.39, 0.29) is 0 Å². The van der Waals surface area contributed by atoms with E-state index in [9.17, 15) is 4.79 Å². The third-order valence-corrected chi connectivity index (χ3v) is 5.07. The molecule has 0 aromatic rings. The summed E-state index contributed by atoms with van der Waals surface area (Å²) < 4.78 is 5.49. The van der Waals surface area contributed by atoms with Crippen molar-refractivity contribution in [2.75, 3.05) is 32.8 Å². The summed E-state index contributed by atoms with van der Waals surface area (Å²) in [5.74, 6) is 0.721. The van der Waals surface area contributed by atoms with Gasteiger partial charge in [-0.05, 0) is 44.2 Å². The van der Waals surface area contributed by atoms with Gasteiger partial charge in [-0.3, -0.25) is 4.79 Å². The highest BCUT2D eigenvalue weighted by Gasteiger charge is 2.59. The number of morpholine rings is 1. The maximum Gasteiger partial charge on any atom is 0.226 e. The fraction of sp³-hybridized carbons (Fsp3) is 0.929. The maximum absolute atomic E-state index is 12.7. The minimum Gasteiger partial charge on any atom is -0.377 e. The van der Waals surface area contributed by atoms with Crippen LogP contribution in [0.5, 0.6) is 0 Å². The van der Waals surface area contributed by atoms with Gasteiger partial charge in [-0.2, -0.15) is 0 Å². The van der Waals surface area contributed by atoms with E-state index in [0.717, 1.165) is 39.1 Å². The zero-order chi connectivity index (χ0) is 12.6. The molecule has 4 heteroatoms. The molecule has 2 unspecified atom stereocenters. The molecule has 2 atom stereocenters. The van der Waals surface area contributed by atoms with E-state index in [1.54, 1.807) is 0 Å². The zero-order valence-corrected chi connectivity index (χ0v) is 11.3. The van der Waals surface area contributed by atoms with Crippen LogP contribution in [-0.2, 0) is 9.53 Å². The van der Waals surface area contributed by atoms with E-state index in [2.05, 4.69) is 17.1 Å². The summed E-state index contributed by atoms with van der Waals surface area (Å²) in [7, 11) is 0. The molecular formula is C14H24N2O2. The molecule has 102 valence electrons. The monoisotopic (exact) mass is 252 g/mol. The average molecular weight is 252 g/mol. The normalized spacial score (nSPS) is 34.6. The van der Waals surface area contributed by atoms with Gasteiger partial charge in [-0.1, -0.05) is 6.92 Å². The van der Waals surface area contributed by atoms with Crippen LogP contribution in [0.1, 0.15) is 32.6 Å².